The number of methoxy groups -OCH3 is 1. The molecule has 19 heavy (non-hydrogen) atoms. The van der Waals surface area contributed by atoms with Crippen LogP contribution in [-0.2, 0) is 21.4 Å². The van der Waals surface area contributed by atoms with E-state index in [9.17, 15) is 18.3 Å². The predicted molar refractivity (Wildman–Crippen MR) is 66.5 cm³/mol. The molecule has 0 saturated carbocycles. The van der Waals surface area contributed by atoms with Crippen molar-refractivity contribution in [1.29, 1.82) is 0 Å². The molecular weight excluding hydrogens is 272 g/mol. The number of ether oxygens (including phenoxy) is 1. The molecule has 0 saturated heterocycles. The molecule has 1 aliphatic rings. The number of carbonyl (C=O) groups is 1. The van der Waals surface area contributed by atoms with Crippen LogP contribution in [0.25, 0.3) is 0 Å². The SMILES string of the molecule is COC(=O)NS(=O)(=O)N[C@H]1c2ccccc2C[C@H]1O. The molecule has 1 aromatic carbocycles. The van der Waals surface area contributed by atoms with Crippen molar-refractivity contribution in [3.63, 3.8) is 0 Å². The summed E-state index contributed by atoms with van der Waals surface area (Å²) in [5, 5.41) is 9.89. The number of carbonyl (C=O) groups excluding carboxylic acids is 1. The highest BCUT2D eigenvalue weighted by atomic mass is 32.2. The average Bonchev–Trinajstić information content (AvgIpc) is 2.65. The van der Waals surface area contributed by atoms with Gasteiger partial charge in [-0.15, -0.1) is 0 Å². The maximum absolute atomic E-state index is 11.7. The number of hydrogen-bond acceptors (Lipinski definition) is 5. The lowest BCUT2D eigenvalue weighted by Crippen LogP contribution is -2.44. The molecule has 0 bridgehead atoms. The molecule has 1 amide bonds. The fourth-order valence-corrected chi connectivity index (χ4v) is 3.04. The minimum atomic E-state index is -4.09. The molecular formula is C11H14N2O5S. The fraction of sp³-hybridized carbons (Fsp3) is 0.364. The number of fused-ring (bicyclic) bond motifs is 1. The van der Waals surface area contributed by atoms with Crippen LogP contribution in [0.4, 0.5) is 4.79 Å². The second-order valence-electron chi connectivity index (χ2n) is 4.16. The van der Waals surface area contributed by atoms with E-state index in [1.54, 1.807) is 16.9 Å². The molecule has 8 heteroatoms. The van der Waals surface area contributed by atoms with Crippen LogP contribution in [0.1, 0.15) is 17.2 Å². The van der Waals surface area contributed by atoms with Gasteiger partial charge >= 0.3 is 16.3 Å². The summed E-state index contributed by atoms with van der Waals surface area (Å²) in [4.78, 5) is 10.9. The zero-order valence-corrected chi connectivity index (χ0v) is 11.0. The predicted octanol–water partition coefficient (Wildman–Crippen LogP) is -0.165. The van der Waals surface area contributed by atoms with E-state index < -0.39 is 28.4 Å². The molecule has 1 aromatic rings. The van der Waals surface area contributed by atoms with Gasteiger partial charge in [-0.05, 0) is 11.1 Å². The van der Waals surface area contributed by atoms with Crippen LogP contribution in [0.5, 0.6) is 0 Å². The first-order chi connectivity index (χ1) is 8.93. The van der Waals surface area contributed by atoms with Gasteiger partial charge < -0.3 is 9.84 Å². The molecule has 0 fully saturated rings. The van der Waals surface area contributed by atoms with E-state index in [0.29, 0.717) is 12.0 Å². The van der Waals surface area contributed by atoms with Crippen LogP contribution in [0, 0.1) is 0 Å². The van der Waals surface area contributed by atoms with Crippen molar-refractivity contribution in [2.24, 2.45) is 0 Å². The molecule has 0 unspecified atom stereocenters. The largest absolute Gasteiger partial charge is 0.452 e. The Kier molecular flexibility index (Phi) is 3.74. The average molecular weight is 286 g/mol. The molecule has 7 nitrogen and oxygen atoms in total. The Balaban J connectivity index is 2.18. The van der Waals surface area contributed by atoms with Crippen molar-refractivity contribution in [3.05, 3.63) is 35.4 Å². The molecule has 3 N–H and O–H groups in total. The van der Waals surface area contributed by atoms with E-state index in [2.05, 4.69) is 9.46 Å². The molecule has 0 aliphatic heterocycles. The smallest absolute Gasteiger partial charge is 0.421 e. The van der Waals surface area contributed by atoms with Gasteiger partial charge in [-0.3, -0.25) is 0 Å². The fourth-order valence-electron chi connectivity index (χ4n) is 2.06. The Bertz CT molecular complexity index is 587. The third-order valence-corrected chi connectivity index (χ3v) is 3.89. The Hall–Kier alpha value is -1.64. The third-order valence-electron chi connectivity index (χ3n) is 2.89. The number of aliphatic hydroxyl groups is 1. The van der Waals surface area contributed by atoms with Gasteiger partial charge in [-0.1, -0.05) is 24.3 Å². The number of benzene rings is 1. The number of amides is 1. The van der Waals surface area contributed by atoms with Gasteiger partial charge in [0.05, 0.1) is 19.3 Å². The quantitative estimate of drug-likeness (QED) is 0.716. The molecule has 2 rings (SSSR count). The Labute approximate surface area is 110 Å². The van der Waals surface area contributed by atoms with E-state index in [4.69, 9.17) is 0 Å². The van der Waals surface area contributed by atoms with Gasteiger partial charge in [0.1, 0.15) is 0 Å². The lowest BCUT2D eigenvalue weighted by molar-refractivity contribution is 0.151. The third kappa shape index (κ3) is 3.03. The molecule has 0 spiro atoms. The summed E-state index contributed by atoms with van der Waals surface area (Å²) in [6, 6.07) is 6.34. The van der Waals surface area contributed by atoms with Crippen molar-refractivity contribution in [1.82, 2.24) is 9.44 Å². The highest BCUT2D eigenvalue weighted by Crippen LogP contribution is 2.31. The topological polar surface area (TPSA) is 105 Å². The number of hydrogen-bond donors (Lipinski definition) is 3. The van der Waals surface area contributed by atoms with Crippen molar-refractivity contribution >= 4 is 16.3 Å². The number of aliphatic hydroxyl groups excluding tert-OH is 1. The zero-order valence-electron chi connectivity index (χ0n) is 10.2. The molecule has 2 atom stereocenters. The van der Waals surface area contributed by atoms with Crippen LogP contribution < -0.4 is 9.44 Å². The summed E-state index contributed by atoms with van der Waals surface area (Å²) >= 11 is 0. The summed E-state index contributed by atoms with van der Waals surface area (Å²) in [7, 11) is -3.03. The van der Waals surface area contributed by atoms with Crippen molar-refractivity contribution in [2.45, 2.75) is 18.6 Å². The first kappa shape index (κ1) is 13.8. The van der Waals surface area contributed by atoms with E-state index >= 15 is 0 Å². The van der Waals surface area contributed by atoms with Gasteiger partial charge in [-0.25, -0.2) is 9.52 Å². The number of nitrogens with one attached hydrogen (secondary N) is 2. The van der Waals surface area contributed by atoms with Gasteiger partial charge in [0.25, 0.3) is 0 Å². The molecule has 104 valence electrons. The Morgan fingerprint density at radius 3 is 2.79 bits per heavy atom. The van der Waals surface area contributed by atoms with E-state index in [0.717, 1.165) is 12.7 Å². The molecule has 0 heterocycles. The zero-order chi connectivity index (χ0) is 14.0. The van der Waals surface area contributed by atoms with Gasteiger partial charge in [0, 0.05) is 6.42 Å². The number of rotatable bonds is 3. The van der Waals surface area contributed by atoms with Crippen LogP contribution in [0.3, 0.4) is 0 Å². The van der Waals surface area contributed by atoms with Crippen LogP contribution in [0.2, 0.25) is 0 Å². The summed E-state index contributed by atoms with van der Waals surface area (Å²) in [5.74, 6) is 0. The minimum Gasteiger partial charge on any atom is -0.452 e. The van der Waals surface area contributed by atoms with Crippen LogP contribution in [-0.4, -0.2) is 32.8 Å². The van der Waals surface area contributed by atoms with Gasteiger partial charge in [-0.2, -0.15) is 13.1 Å². The van der Waals surface area contributed by atoms with E-state index in [-0.39, 0.29) is 0 Å². The molecule has 0 radical (unpaired) electrons. The van der Waals surface area contributed by atoms with E-state index in [1.165, 1.54) is 0 Å². The summed E-state index contributed by atoms with van der Waals surface area (Å²) in [6.45, 7) is 0. The monoisotopic (exact) mass is 286 g/mol. The maximum Gasteiger partial charge on any atom is 0.421 e. The van der Waals surface area contributed by atoms with Crippen molar-refractivity contribution in [2.75, 3.05) is 7.11 Å². The Morgan fingerprint density at radius 1 is 1.42 bits per heavy atom. The van der Waals surface area contributed by atoms with Crippen LogP contribution in [0.15, 0.2) is 24.3 Å². The summed E-state index contributed by atoms with van der Waals surface area (Å²) < 4.78 is 31.5. The van der Waals surface area contributed by atoms with Crippen molar-refractivity contribution < 1.29 is 23.1 Å². The second-order valence-corrected chi connectivity index (χ2v) is 5.61. The first-order valence-electron chi connectivity index (χ1n) is 5.57. The second kappa shape index (κ2) is 5.16. The van der Waals surface area contributed by atoms with E-state index in [1.807, 2.05) is 12.1 Å². The standard InChI is InChI=1S/C11H14N2O5S/c1-18-11(15)13-19(16,17)12-10-8-5-3-2-4-7(8)6-9(10)14/h2-5,9-10,12,14H,6H2,1H3,(H,13,15)/t9-,10+/m1/s1. The first-order valence-corrected chi connectivity index (χ1v) is 7.05. The normalized spacial score (nSPS) is 21.8. The molecule has 0 aromatic heterocycles. The highest BCUT2D eigenvalue weighted by Gasteiger charge is 2.34. The van der Waals surface area contributed by atoms with Crippen molar-refractivity contribution in [3.8, 4) is 0 Å². The van der Waals surface area contributed by atoms with Gasteiger partial charge in [0.2, 0.25) is 0 Å². The van der Waals surface area contributed by atoms with Crippen LogP contribution >= 0.6 is 0 Å². The minimum absolute atomic E-state index is 0.363. The highest BCUT2D eigenvalue weighted by molar-refractivity contribution is 7.88. The summed E-state index contributed by atoms with van der Waals surface area (Å²) in [6.07, 6.45) is -1.60. The lowest BCUT2D eigenvalue weighted by Gasteiger charge is -2.17. The summed E-state index contributed by atoms with van der Waals surface area (Å²) in [5.41, 5.74) is 1.58. The van der Waals surface area contributed by atoms with Gasteiger partial charge in [0.15, 0.2) is 0 Å². The lowest BCUT2D eigenvalue weighted by atomic mass is 10.1. The molecule has 1 aliphatic carbocycles. The maximum atomic E-state index is 11.7. The Morgan fingerprint density at radius 2 is 2.11 bits per heavy atom.